The van der Waals surface area contributed by atoms with Crippen molar-refractivity contribution in [2.75, 3.05) is 20.2 Å². The lowest BCUT2D eigenvalue weighted by molar-refractivity contribution is 0.0917. The van der Waals surface area contributed by atoms with Crippen molar-refractivity contribution in [2.45, 2.75) is 48.8 Å². The minimum atomic E-state index is -3.52. The molecular formula is C17H23NO4S. The van der Waals surface area contributed by atoms with E-state index >= 15 is 0 Å². The third-order valence-electron chi connectivity index (χ3n) is 5.27. The lowest BCUT2D eigenvalue weighted by Crippen LogP contribution is -2.53. The summed E-state index contributed by atoms with van der Waals surface area (Å²) in [6.07, 6.45) is 1.12. The first-order chi connectivity index (χ1) is 10.8. The van der Waals surface area contributed by atoms with Crippen LogP contribution in [0, 0.1) is 0 Å². The van der Waals surface area contributed by atoms with E-state index in [4.69, 9.17) is 4.74 Å². The lowest BCUT2D eigenvalue weighted by Gasteiger charge is -2.44. The molecule has 2 aliphatic heterocycles. The van der Waals surface area contributed by atoms with Crippen LogP contribution in [0.25, 0.3) is 0 Å². The molecule has 0 aliphatic carbocycles. The highest BCUT2D eigenvalue weighted by Crippen LogP contribution is 2.44. The number of likely N-dealkylation sites (tertiary alicyclic amines) is 1. The number of benzene rings is 1. The smallest absolute Gasteiger partial charge is 0.185 e. The number of hydrogen-bond donors (Lipinski definition) is 0. The second kappa shape index (κ2) is 5.60. The van der Waals surface area contributed by atoms with Gasteiger partial charge in [-0.2, -0.15) is 0 Å². The maximum Gasteiger partial charge on any atom is 0.185 e. The van der Waals surface area contributed by atoms with E-state index < -0.39 is 14.6 Å². The van der Waals surface area contributed by atoms with Crippen molar-refractivity contribution in [3.8, 4) is 5.75 Å². The first-order valence-electron chi connectivity index (χ1n) is 8.01. The average molecular weight is 337 g/mol. The molecule has 126 valence electrons. The Balaban J connectivity index is 2.02. The van der Waals surface area contributed by atoms with Crippen LogP contribution < -0.4 is 4.74 Å². The molecule has 0 atom stereocenters. The molecule has 0 saturated carbocycles. The number of piperidine rings is 1. The molecule has 23 heavy (non-hydrogen) atoms. The van der Waals surface area contributed by atoms with Gasteiger partial charge in [0.25, 0.3) is 0 Å². The summed E-state index contributed by atoms with van der Waals surface area (Å²) in [7, 11) is -2.01. The molecular weight excluding hydrogens is 314 g/mol. The molecule has 0 radical (unpaired) electrons. The number of nitrogens with zero attached hydrogens (tertiary/aromatic N) is 1. The summed E-state index contributed by atoms with van der Waals surface area (Å²) in [5.41, 5.74) is 0.279. The van der Waals surface area contributed by atoms with Crippen LogP contribution in [-0.4, -0.2) is 50.1 Å². The molecule has 2 heterocycles. The maximum absolute atomic E-state index is 13.2. The zero-order valence-electron chi connectivity index (χ0n) is 13.8. The van der Waals surface area contributed by atoms with Crippen molar-refractivity contribution < 1.29 is 17.9 Å². The van der Waals surface area contributed by atoms with Crippen molar-refractivity contribution in [3.63, 3.8) is 0 Å². The van der Waals surface area contributed by atoms with Crippen LogP contribution in [-0.2, 0) is 9.84 Å². The largest absolute Gasteiger partial charge is 0.497 e. The normalized spacial score (nSPS) is 23.0. The van der Waals surface area contributed by atoms with Crippen LogP contribution in [0.1, 0.15) is 43.5 Å². The van der Waals surface area contributed by atoms with E-state index in [9.17, 15) is 13.2 Å². The lowest BCUT2D eigenvalue weighted by atomic mass is 9.87. The zero-order valence-corrected chi connectivity index (χ0v) is 14.6. The first kappa shape index (κ1) is 16.5. The first-order valence-corrected chi connectivity index (χ1v) is 9.49. The molecule has 6 heteroatoms. The monoisotopic (exact) mass is 337 g/mol. The highest BCUT2D eigenvalue weighted by atomic mass is 32.2. The summed E-state index contributed by atoms with van der Waals surface area (Å²) in [4.78, 5) is 15.0. The number of rotatable bonds is 2. The Morgan fingerprint density at radius 2 is 1.87 bits per heavy atom. The summed E-state index contributed by atoms with van der Waals surface area (Å²) < 4.78 is 30.6. The summed E-state index contributed by atoms with van der Waals surface area (Å²) >= 11 is 0. The van der Waals surface area contributed by atoms with Gasteiger partial charge in [-0.3, -0.25) is 4.79 Å². The number of carbonyl (C=O) groups excluding carboxylic acids is 1. The molecule has 0 amide bonds. The molecule has 1 fully saturated rings. The van der Waals surface area contributed by atoms with Gasteiger partial charge in [0.15, 0.2) is 15.6 Å². The van der Waals surface area contributed by atoms with E-state index in [1.54, 1.807) is 12.1 Å². The summed E-state index contributed by atoms with van der Waals surface area (Å²) in [6, 6.07) is 5.08. The number of methoxy groups -OCH3 is 1. The second-order valence-corrected chi connectivity index (χ2v) is 9.09. The fraction of sp³-hybridized carbons (Fsp3) is 0.588. The highest BCUT2D eigenvalue weighted by Gasteiger charge is 2.52. The van der Waals surface area contributed by atoms with Gasteiger partial charge in [0.2, 0.25) is 0 Å². The quantitative estimate of drug-likeness (QED) is 0.828. The maximum atomic E-state index is 13.2. The SMILES string of the molecule is COc1ccc2c(c1)C(=O)CC1(CCN(C(C)C)CC1)S2(=O)=O. The van der Waals surface area contributed by atoms with E-state index in [1.165, 1.54) is 13.2 Å². The third kappa shape index (κ3) is 2.48. The number of sulfone groups is 1. The number of ether oxygens (including phenoxy) is 1. The molecule has 2 aliphatic rings. The highest BCUT2D eigenvalue weighted by molar-refractivity contribution is 7.93. The van der Waals surface area contributed by atoms with Crippen LogP contribution in [0.15, 0.2) is 23.1 Å². The van der Waals surface area contributed by atoms with Gasteiger partial charge in [-0.25, -0.2) is 8.42 Å². The van der Waals surface area contributed by atoms with Crippen LogP contribution in [0.5, 0.6) is 5.75 Å². The van der Waals surface area contributed by atoms with E-state index in [0.29, 0.717) is 24.6 Å². The van der Waals surface area contributed by atoms with Gasteiger partial charge < -0.3 is 9.64 Å². The molecule has 0 unspecified atom stereocenters. The second-order valence-electron chi connectivity index (χ2n) is 6.78. The number of Topliss-reactive ketones (excluding diaryl/α,β-unsaturated/α-hetero) is 1. The Bertz CT molecular complexity index is 731. The predicted octanol–water partition coefficient (Wildman–Crippen LogP) is 2.30. The van der Waals surface area contributed by atoms with Crippen molar-refractivity contribution in [1.29, 1.82) is 0 Å². The van der Waals surface area contributed by atoms with Crippen molar-refractivity contribution in [1.82, 2.24) is 4.90 Å². The van der Waals surface area contributed by atoms with E-state index in [0.717, 1.165) is 13.1 Å². The number of ketones is 1. The number of fused-ring (bicyclic) bond motifs is 1. The van der Waals surface area contributed by atoms with Crippen LogP contribution in [0.3, 0.4) is 0 Å². The number of hydrogen-bond acceptors (Lipinski definition) is 5. The molecule has 3 rings (SSSR count). The Hall–Kier alpha value is -1.40. The Morgan fingerprint density at radius 3 is 2.43 bits per heavy atom. The van der Waals surface area contributed by atoms with Crippen LogP contribution in [0.4, 0.5) is 0 Å². The fourth-order valence-corrected chi connectivity index (χ4v) is 5.91. The Morgan fingerprint density at radius 1 is 1.22 bits per heavy atom. The molecule has 1 aromatic carbocycles. The Kier molecular flexibility index (Phi) is 4.01. The standard InChI is InChI=1S/C17H23NO4S/c1-12(2)18-8-6-17(7-9-18)11-15(19)14-10-13(22-3)4-5-16(14)23(17,20)21/h4-5,10,12H,6-9,11H2,1-3H3. The van der Waals surface area contributed by atoms with E-state index in [1.807, 2.05) is 0 Å². The molecule has 5 nitrogen and oxygen atoms in total. The van der Waals surface area contributed by atoms with Crippen molar-refractivity contribution in [2.24, 2.45) is 0 Å². The topological polar surface area (TPSA) is 63.7 Å². The summed E-state index contributed by atoms with van der Waals surface area (Å²) in [5.74, 6) is 0.421. The molecule has 0 N–H and O–H groups in total. The minimum Gasteiger partial charge on any atom is -0.497 e. The van der Waals surface area contributed by atoms with Crippen LogP contribution in [0.2, 0.25) is 0 Å². The van der Waals surface area contributed by atoms with Gasteiger partial charge in [-0.1, -0.05) is 0 Å². The molecule has 1 aromatic rings. The fourth-order valence-electron chi connectivity index (χ4n) is 3.70. The van der Waals surface area contributed by atoms with Crippen molar-refractivity contribution in [3.05, 3.63) is 23.8 Å². The van der Waals surface area contributed by atoms with Crippen molar-refractivity contribution >= 4 is 15.6 Å². The van der Waals surface area contributed by atoms with E-state index in [-0.39, 0.29) is 22.7 Å². The molecule has 0 aromatic heterocycles. The minimum absolute atomic E-state index is 0.0848. The molecule has 0 bridgehead atoms. The summed E-state index contributed by atoms with van der Waals surface area (Å²) in [6.45, 7) is 5.66. The zero-order chi connectivity index (χ0) is 16.8. The molecule has 1 spiro atoms. The van der Waals surface area contributed by atoms with Crippen LogP contribution >= 0.6 is 0 Å². The average Bonchev–Trinajstić information content (AvgIpc) is 2.53. The van der Waals surface area contributed by atoms with Gasteiger partial charge in [-0.05, 0) is 58.0 Å². The molecule has 1 saturated heterocycles. The van der Waals surface area contributed by atoms with Gasteiger partial charge in [0.1, 0.15) is 5.75 Å². The van der Waals surface area contributed by atoms with Gasteiger partial charge in [-0.15, -0.1) is 0 Å². The van der Waals surface area contributed by atoms with Gasteiger partial charge in [0.05, 0.1) is 16.8 Å². The van der Waals surface area contributed by atoms with E-state index in [2.05, 4.69) is 18.7 Å². The van der Waals surface area contributed by atoms with Gasteiger partial charge >= 0.3 is 0 Å². The number of carbonyl (C=O) groups is 1. The third-order valence-corrected chi connectivity index (χ3v) is 7.90. The Labute approximate surface area is 137 Å². The van der Waals surface area contributed by atoms with Gasteiger partial charge in [0, 0.05) is 18.0 Å². The summed E-state index contributed by atoms with van der Waals surface area (Å²) in [5, 5.41) is 0. The predicted molar refractivity (Wildman–Crippen MR) is 87.8 cm³/mol.